The molecule has 0 unspecified atom stereocenters. The zero-order valence-corrected chi connectivity index (χ0v) is 16.0. The standard InChI is InChI=1S/C23H25FN2O2/c1-3-11-25-22(27)20-13-19(18-9-10-21(24)16(2)12-18)14-26(15-20)23(28)17-7-5-4-6-8-17/h3-10,12,19-20H,1,11,13-15H2,2H3,(H,25,27)/t19-,20-/m0/s1. The van der Waals surface area contributed by atoms with Gasteiger partial charge in [-0.1, -0.05) is 36.4 Å². The van der Waals surface area contributed by atoms with Gasteiger partial charge in [-0.25, -0.2) is 4.39 Å². The topological polar surface area (TPSA) is 49.4 Å². The second-order valence-electron chi connectivity index (χ2n) is 7.25. The number of nitrogens with zero attached hydrogens (tertiary/aromatic N) is 1. The van der Waals surface area contributed by atoms with Gasteiger partial charge in [-0.05, 0) is 42.7 Å². The number of piperidine rings is 1. The Morgan fingerprint density at radius 3 is 2.64 bits per heavy atom. The van der Waals surface area contributed by atoms with Gasteiger partial charge < -0.3 is 10.2 Å². The Morgan fingerprint density at radius 2 is 1.96 bits per heavy atom. The predicted molar refractivity (Wildman–Crippen MR) is 108 cm³/mol. The Bertz CT molecular complexity index is 866. The summed E-state index contributed by atoms with van der Waals surface area (Å²) >= 11 is 0. The fourth-order valence-corrected chi connectivity index (χ4v) is 3.70. The molecule has 0 saturated carbocycles. The van der Waals surface area contributed by atoms with E-state index in [2.05, 4.69) is 11.9 Å². The molecule has 5 heteroatoms. The van der Waals surface area contributed by atoms with Crippen molar-refractivity contribution in [3.63, 3.8) is 0 Å². The Hall–Kier alpha value is -2.95. The van der Waals surface area contributed by atoms with Gasteiger partial charge in [0.15, 0.2) is 0 Å². The highest BCUT2D eigenvalue weighted by Crippen LogP contribution is 2.32. The third kappa shape index (κ3) is 4.47. The van der Waals surface area contributed by atoms with Crippen LogP contribution in [0.2, 0.25) is 0 Å². The Morgan fingerprint density at radius 1 is 1.21 bits per heavy atom. The number of benzene rings is 2. The van der Waals surface area contributed by atoms with E-state index < -0.39 is 0 Å². The molecular formula is C23H25FN2O2. The summed E-state index contributed by atoms with van der Waals surface area (Å²) in [6, 6.07) is 14.1. The normalized spacial score (nSPS) is 19.1. The minimum Gasteiger partial charge on any atom is -0.352 e. The first kappa shape index (κ1) is 19.8. The quantitative estimate of drug-likeness (QED) is 0.805. The van der Waals surface area contributed by atoms with E-state index in [1.54, 1.807) is 36.1 Å². The van der Waals surface area contributed by atoms with E-state index in [-0.39, 0.29) is 29.5 Å². The molecule has 1 heterocycles. The highest BCUT2D eigenvalue weighted by Gasteiger charge is 2.34. The van der Waals surface area contributed by atoms with Gasteiger partial charge in [0.25, 0.3) is 5.91 Å². The van der Waals surface area contributed by atoms with Gasteiger partial charge >= 0.3 is 0 Å². The van der Waals surface area contributed by atoms with Crippen molar-refractivity contribution in [2.24, 2.45) is 5.92 Å². The zero-order valence-electron chi connectivity index (χ0n) is 16.0. The van der Waals surface area contributed by atoms with Crippen LogP contribution in [0.5, 0.6) is 0 Å². The van der Waals surface area contributed by atoms with E-state index in [1.165, 1.54) is 6.07 Å². The van der Waals surface area contributed by atoms with Crippen LogP contribution in [0.15, 0.2) is 61.2 Å². The maximum atomic E-state index is 13.7. The lowest BCUT2D eigenvalue weighted by molar-refractivity contribution is -0.126. The molecule has 2 amide bonds. The molecular weight excluding hydrogens is 355 g/mol. The molecule has 0 spiro atoms. The maximum Gasteiger partial charge on any atom is 0.253 e. The van der Waals surface area contributed by atoms with Crippen molar-refractivity contribution >= 4 is 11.8 Å². The van der Waals surface area contributed by atoms with Crippen molar-refractivity contribution in [3.05, 3.63) is 83.7 Å². The largest absolute Gasteiger partial charge is 0.352 e. The van der Waals surface area contributed by atoms with Crippen LogP contribution in [0.4, 0.5) is 4.39 Å². The van der Waals surface area contributed by atoms with Crippen LogP contribution in [0.3, 0.4) is 0 Å². The number of carbonyl (C=O) groups excluding carboxylic acids is 2. The van der Waals surface area contributed by atoms with Gasteiger partial charge in [0, 0.05) is 31.1 Å². The first-order chi connectivity index (χ1) is 13.5. The monoisotopic (exact) mass is 380 g/mol. The molecule has 2 atom stereocenters. The molecule has 0 bridgehead atoms. The maximum absolute atomic E-state index is 13.7. The molecule has 0 aliphatic carbocycles. The number of nitrogens with one attached hydrogen (secondary N) is 1. The van der Waals surface area contributed by atoms with Crippen LogP contribution in [0, 0.1) is 18.7 Å². The summed E-state index contributed by atoms with van der Waals surface area (Å²) in [5.74, 6) is -0.783. The van der Waals surface area contributed by atoms with Crippen LogP contribution in [0.25, 0.3) is 0 Å². The summed E-state index contributed by atoms with van der Waals surface area (Å²) in [6.45, 7) is 6.61. The van der Waals surface area contributed by atoms with Crippen LogP contribution >= 0.6 is 0 Å². The van der Waals surface area contributed by atoms with E-state index in [0.717, 1.165) is 5.56 Å². The van der Waals surface area contributed by atoms with E-state index in [4.69, 9.17) is 0 Å². The second-order valence-corrected chi connectivity index (χ2v) is 7.25. The molecule has 1 saturated heterocycles. The smallest absolute Gasteiger partial charge is 0.253 e. The Labute approximate surface area is 165 Å². The van der Waals surface area contributed by atoms with Gasteiger partial charge in [-0.15, -0.1) is 6.58 Å². The van der Waals surface area contributed by atoms with E-state index in [9.17, 15) is 14.0 Å². The van der Waals surface area contributed by atoms with Crippen molar-refractivity contribution in [1.82, 2.24) is 10.2 Å². The number of aryl methyl sites for hydroxylation is 1. The fourth-order valence-electron chi connectivity index (χ4n) is 3.70. The van der Waals surface area contributed by atoms with Crippen molar-refractivity contribution in [2.75, 3.05) is 19.6 Å². The lowest BCUT2D eigenvalue weighted by Crippen LogP contribution is -2.48. The average molecular weight is 380 g/mol. The molecule has 1 aliphatic rings. The molecule has 1 fully saturated rings. The molecule has 1 N–H and O–H groups in total. The number of likely N-dealkylation sites (tertiary alicyclic amines) is 1. The summed E-state index contributed by atoms with van der Waals surface area (Å²) in [7, 11) is 0. The number of rotatable bonds is 5. The highest BCUT2D eigenvalue weighted by molar-refractivity contribution is 5.94. The number of carbonyl (C=O) groups is 2. The highest BCUT2D eigenvalue weighted by atomic mass is 19.1. The minimum atomic E-state index is -0.322. The number of halogens is 1. The van der Waals surface area contributed by atoms with Crippen molar-refractivity contribution in [3.8, 4) is 0 Å². The molecule has 2 aromatic carbocycles. The van der Waals surface area contributed by atoms with Crippen LogP contribution in [-0.4, -0.2) is 36.3 Å². The lowest BCUT2D eigenvalue weighted by Gasteiger charge is -2.37. The lowest BCUT2D eigenvalue weighted by atomic mass is 9.83. The van der Waals surface area contributed by atoms with Crippen LogP contribution in [0.1, 0.15) is 33.8 Å². The molecule has 4 nitrogen and oxygen atoms in total. The van der Waals surface area contributed by atoms with Gasteiger partial charge in [0.05, 0.1) is 5.92 Å². The number of hydrogen-bond acceptors (Lipinski definition) is 2. The van der Waals surface area contributed by atoms with Crippen molar-refractivity contribution in [2.45, 2.75) is 19.3 Å². The van der Waals surface area contributed by atoms with Crippen LogP contribution < -0.4 is 5.32 Å². The Balaban J connectivity index is 1.87. The molecule has 28 heavy (non-hydrogen) atoms. The van der Waals surface area contributed by atoms with E-state index in [1.807, 2.05) is 24.3 Å². The third-order valence-corrected chi connectivity index (χ3v) is 5.20. The van der Waals surface area contributed by atoms with E-state index >= 15 is 0 Å². The molecule has 1 aliphatic heterocycles. The summed E-state index contributed by atoms with van der Waals surface area (Å²) in [5, 5.41) is 2.84. The summed E-state index contributed by atoms with van der Waals surface area (Å²) in [6.07, 6.45) is 2.25. The zero-order chi connectivity index (χ0) is 20.1. The van der Waals surface area contributed by atoms with Gasteiger partial charge in [0.1, 0.15) is 5.82 Å². The first-order valence-electron chi connectivity index (χ1n) is 9.48. The van der Waals surface area contributed by atoms with Crippen molar-refractivity contribution < 1.29 is 14.0 Å². The molecule has 3 rings (SSSR count). The van der Waals surface area contributed by atoms with Gasteiger partial charge in [-0.3, -0.25) is 9.59 Å². The first-order valence-corrected chi connectivity index (χ1v) is 9.48. The number of amides is 2. The average Bonchev–Trinajstić information content (AvgIpc) is 2.73. The number of hydrogen-bond donors (Lipinski definition) is 1. The van der Waals surface area contributed by atoms with Crippen LogP contribution in [-0.2, 0) is 4.79 Å². The summed E-state index contributed by atoms with van der Waals surface area (Å²) in [5.41, 5.74) is 2.12. The molecule has 146 valence electrons. The summed E-state index contributed by atoms with van der Waals surface area (Å²) in [4.78, 5) is 27.3. The molecule has 2 aromatic rings. The molecule has 0 radical (unpaired) electrons. The second kappa shape index (κ2) is 8.83. The third-order valence-electron chi connectivity index (χ3n) is 5.20. The van der Waals surface area contributed by atoms with Gasteiger partial charge in [0.2, 0.25) is 5.91 Å². The van der Waals surface area contributed by atoms with Crippen molar-refractivity contribution in [1.29, 1.82) is 0 Å². The molecule has 0 aromatic heterocycles. The SMILES string of the molecule is C=CCNC(=O)[C@H]1C[C@H](c2ccc(F)c(C)c2)CN(C(=O)c2ccccc2)C1. The predicted octanol–water partition coefficient (Wildman–Crippen LogP) is 3.68. The minimum absolute atomic E-state index is 0.0276. The van der Waals surface area contributed by atoms with E-state index in [0.29, 0.717) is 37.2 Å². The summed E-state index contributed by atoms with van der Waals surface area (Å²) < 4.78 is 13.7. The van der Waals surface area contributed by atoms with Gasteiger partial charge in [-0.2, -0.15) is 0 Å². The Kier molecular flexibility index (Phi) is 6.24. The fraction of sp³-hybridized carbons (Fsp3) is 0.304.